The molecule has 0 saturated carbocycles. The predicted molar refractivity (Wildman–Crippen MR) is 124 cm³/mol. The van der Waals surface area contributed by atoms with Crippen molar-refractivity contribution in [3.05, 3.63) is 64.7 Å². The molecule has 0 aliphatic carbocycles. The molecule has 2 aromatic rings. The molecule has 2 aromatic carbocycles. The number of thiol groups is 1. The van der Waals surface area contributed by atoms with Gasteiger partial charge in [-0.1, -0.05) is 18.2 Å². The highest BCUT2D eigenvalue weighted by atomic mass is 32.1. The van der Waals surface area contributed by atoms with Crippen LogP contribution in [0.25, 0.3) is 0 Å². The number of rotatable bonds is 4. The number of carbonyl (C=O) groups is 2. The number of imide groups is 1. The maximum absolute atomic E-state index is 13.6. The van der Waals surface area contributed by atoms with E-state index < -0.39 is 11.6 Å². The highest BCUT2D eigenvalue weighted by molar-refractivity contribution is 7.80. The molecule has 0 bridgehead atoms. The second kappa shape index (κ2) is 9.04. The third-order valence-corrected chi connectivity index (χ3v) is 7.38. The van der Waals surface area contributed by atoms with Crippen molar-refractivity contribution in [1.29, 1.82) is 0 Å². The highest BCUT2D eigenvalue weighted by Crippen LogP contribution is 2.39. The fourth-order valence-corrected chi connectivity index (χ4v) is 5.49. The summed E-state index contributed by atoms with van der Waals surface area (Å²) in [6.07, 6.45) is 0.871. The van der Waals surface area contributed by atoms with Crippen molar-refractivity contribution in [3.63, 3.8) is 0 Å². The molecule has 0 spiro atoms. The van der Waals surface area contributed by atoms with Crippen LogP contribution in [0, 0.1) is 11.6 Å². The fourth-order valence-electron chi connectivity index (χ4n) is 4.99. The van der Waals surface area contributed by atoms with Gasteiger partial charge < -0.3 is 4.90 Å². The van der Waals surface area contributed by atoms with Crippen molar-refractivity contribution in [1.82, 2.24) is 15.1 Å². The van der Waals surface area contributed by atoms with Crippen molar-refractivity contribution in [2.45, 2.75) is 37.3 Å². The summed E-state index contributed by atoms with van der Waals surface area (Å²) in [7, 11) is 0. The van der Waals surface area contributed by atoms with Crippen molar-refractivity contribution < 1.29 is 18.4 Å². The number of anilines is 1. The molecule has 2 unspecified atom stereocenters. The van der Waals surface area contributed by atoms with Crippen LogP contribution in [0.1, 0.15) is 34.9 Å². The SMILES string of the molecule is O=C1CCC(N2Cc3cc(CN4CCN(c5ccc(F)c(F)c5)CC4)ccc3C2S)C(=O)N1. The molecule has 3 heterocycles. The lowest BCUT2D eigenvalue weighted by molar-refractivity contribution is -0.137. The van der Waals surface area contributed by atoms with E-state index in [2.05, 4.69) is 38.2 Å². The summed E-state index contributed by atoms with van der Waals surface area (Å²) in [6.45, 7) is 4.58. The van der Waals surface area contributed by atoms with Crippen molar-refractivity contribution >= 4 is 30.1 Å². The molecule has 1 N–H and O–H groups in total. The molecule has 3 aliphatic heterocycles. The zero-order valence-electron chi connectivity index (χ0n) is 18.1. The minimum atomic E-state index is -0.825. The smallest absolute Gasteiger partial charge is 0.243 e. The fraction of sp³-hybridized carbons (Fsp3) is 0.417. The summed E-state index contributed by atoms with van der Waals surface area (Å²) >= 11 is 4.76. The van der Waals surface area contributed by atoms with E-state index in [0.717, 1.165) is 43.9 Å². The molecule has 0 radical (unpaired) electrons. The second-order valence-corrected chi connectivity index (χ2v) is 9.40. The topological polar surface area (TPSA) is 55.9 Å². The summed E-state index contributed by atoms with van der Waals surface area (Å²) in [5.41, 5.74) is 4.17. The predicted octanol–water partition coefficient (Wildman–Crippen LogP) is 2.84. The van der Waals surface area contributed by atoms with Crippen LogP contribution in [-0.2, 0) is 22.7 Å². The lowest BCUT2D eigenvalue weighted by Crippen LogP contribution is -2.51. The number of nitrogens with one attached hydrogen (secondary N) is 1. The highest BCUT2D eigenvalue weighted by Gasteiger charge is 2.39. The number of hydrogen-bond acceptors (Lipinski definition) is 6. The Hall–Kier alpha value is -2.49. The van der Waals surface area contributed by atoms with E-state index in [1.807, 2.05) is 0 Å². The Kier molecular flexibility index (Phi) is 6.11. The van der Waals surface area contributed by atoms with E-state index in [1.54, 1.807) is 6.07 Å². The van der Waals surface area contributed by atoms with Gasteiger partial charge >= 0.3 is 0 Å². The van der Waals surface area contributed by atoms with Gasteiger partial charge in [0.25, 0.3) is 0 Å². The van der Waals surface area contributed by atoms with Gasteiger partial charge in [-0.3, -0.25) is 24.7 Å². The van der Waals surface area contributed by atoms with Crippen LogP contribution >= 0.6 is 12.6 Å². The van der Waals surface area contributed by atoms with E-state index in [9.17, 15) is 18.4 Å². The molecule has 6 nitrogen and oxygen atoms in total. The zero-order chi connectivity index (χ0) is 23.1. The first-order chi connectivity index (χ1) is 15.9. The Labute approximate surface area is 196 Å². The number of amides is 2. The zero-order valence-corrected chi connectivity index (χ0v) is 19.0. The van der Waals surface area contributed by atoms with Crippen LogP contribution < -0.4 is 10.2 Å². The second-order valence-electron chi connectivity index (χ2n) is 8.91. The Morgan fingerprint density at radius 1 is 1.00 bits per heavy atom. The van der Waals surface area contributed by atoms with Crippen LogP contribution in [0.5, 0.6) is 0 Å². The molecule has 2 amide bonds. The molecule has 0 aromatic heterocycles. The number of fused-ring (bicyclic) bond motifs is 1. The van der Waals surface area contributed by atoms with Gasteiger partial charge in [-0.15, -0.1) is 0 Å². The van der Waals surface area contributed by atoms with Crippen LogP contribution in [0.2, 0.25) is 0 Å². The number of nitrogens with zero attached hydrogens (tertiary/aromatic N) is 3. The first kappa shape index (κ1) is 22.3. The Morgan fingerprint density at radius 2 is 1.79 bits per heavy atom. The molecule has 2 fully saturated rings. The number of hydrogen-bond donors (Lipinski definition) is 2. The van der Waals surface area contributed by atoms with Gasteiger partial charge in [0.1, 0.15) is 0 Å². The van der Waals surface area contributed by atoms with E-state index in [4.69, 9.17) is 12.6 Å². The van der Waals surface area contributed by atoms with Crippen molar-refractivity contribution in [3.8, 4) is 0 Å². The maximum Gasteiger partial charge on any atom is 0.243 e. The largest absolute Gasteiger partial charge is 0.369 e. The van der Waals surface area contributed by atoms with Gasteiger partial charge in [0, 0.05) is 57.4 Å². The van der Waals surface area contributed by atoms with Crippen LogP contribution in [0.15, 0.2) is 36.4 Å². The third-order valence-electron chi connectivity index (χ3n) is 6.81. The molecular formula is C24H26F2N4O2S. The molecule has 2 atom stereocenters. The van der Waals surface area contributed by atoms with Crippen LogP contribution in [-0.4, -0.2) is 53.8 Å². The summed E-state index contributed by atoms with van der Waals surface area (Å²) in [6, 6.07) is 10.1. The lowest BCUT2D eigenvalue weighted by Gasteiger charge is -2.36. The van der Waals surface area contributed by atoms with Gasteiger partial charge in [-0.2, -0.15) is 12.6 Å². The van der Waals surface area contributed by atoms with Crippen molar-refractivity contribution in [2.75, 3.05) is 31.1 Å². The van der Waals surface area contributed by atoms with E-state index >= 15 is 0 Å². The van der Waals surface area contributed by atoms with Gasteiger partial charge in [-0.25, -0.2) is 8.78 Å². The number of piperidine rings is 1. The summed E-state index contributed by atoms with van der Waals surface area (Å²) < 4.78 is 26.8. The maximum atomic E-state index is 13.6. The van der Waals surface area contributed by atoms with E-state index in [-0.39, 0.29) is 23.2 Å². The number of halogens is 2. The first-order valence-corrected chi connectivity index (χ1v) is 11.7. The quantitative estimate of drug-likeness (QED) is 0.530. The first-order valence-electron chi connectivity index (χ1n) is 11.2. The van der Waals surface area contributed by atoms with Gasteiger partial charge in [-0.05, 0) is 35.2 Å². The van der Waals surface area contributed by atoms with E-state index in [0.29, 0.717) is 25.1 Å². The van der Waals surface area contributed by atoms with Crippen molar-refractivity contribution in [2.24, 2.45) is 0 Å². The molecule has 9 heteroatoms. The number of carbonyl (C=O) groups excluding carboxylic acids is 2. The lowest BCUT2D eigenvalue weighted by atomic mass is 10.0. The van der Waals surface area contributed by atoms with Crippen LogP contribution in [0.4, 0.5) is 14.5 Å². The standard InChI is InChI=1S/C24H26F2N4O2S/c25-19-4-2-17(12-20(19)26)29-9-7-28(8-10-29)13-15-1-3-18-16(11-15)14-30(24(18)33)21-5-6-22(31)27-23(21)32/h1-4,11-12,21,24,33H,5-10,13-14H2,(H,27,31,32). The Balaban J connectivity index is 1.20. The normalized spacial score (nSPS) is 24.2. The van der Waals surface area contributed by atoms with Crippen LogP contribution in [0.3, 0.4) is 0 Å². The number of piperazine rings is 1. The van der Waals surface area contributed by atoms with Gasteiger partial charge in [0.15, 0.2) is 11.6 Å². The molecule has 3 aliphatic rings. The average molecular weight is 473 g/mol. The minimum absolute atomic E-state index is 0.169. The minimum Gasteiger partial charge on any atom is -0.369 e. The Bertz CT molecular complexity index is 1090. The molecule has 174 valence electrons. The number of benzene rings is 2. The van der Waals surface area contributed by atoms with E-state index in [1.165, 1.54) is 17.7 Å². The third kappa shape index (κ3) is 4.49. The molecule has 33 heavy (non-hydrogen) atoms. The summed E-state index contributed by atoms with van der Waals surface area (Å²) in [5.74, 6) is -2.09. The Morgan fingerprint density at radius 3 is 2.52 bits per heavy atom. The van der Waals surface area contributed by atoms with Gasteiger partial charge in [0.2, 0.25) is 11.8 Å². The average Bonchev–Trinajstić information content (AvgIpc) is 3.12. The summed E-state index contributed by atoms with van der Waals surface area (Å²) in [5, 5.41) is 2.27. The molecule has 2 saturated heterocycles. The molecule has 5 rings (SSSR count). The summed E-state index contributed by atoms with van der Waals surface area (Å²) in [4.78, 5) is 30.3. The monoisotopic (exact) mass is 472 g/mol. The van der Waals surface area contributed by atoms with Gasteiger partial charge in [0.05, 0.1) is 11.4 Å². The molecular weight excluding hydrogens is 446 g/mol.